The van der Waals surface area contributed by atoms with Crippen LogP contribution in [0.5, 0.6) is 0 Å². The maximum Gasteiger partial charge on any atom is 0.263 e. The summed E-state index contributed by atoms with van der Waals surface area (Å²) in [4.78, 5) is 36.8. The van der Waals surface area contributed by atoms with E-state index in [1.807, 2.05) is 48.4 Å². The lowest BCUT2D eigenvalue weighted by Gasteiger charge is -2.30. The van der Waals surface area contributed by atoms with Gasteiger partial charge in [0, 0.05) is 37.1 Å². The first-order chi connectivity index (χ1) is 17.0. The zero-order chi connectivity index (χ0) is 24.4. The third kappa shape index (κ3) is 4.86. The van der Waals surface area contributed by atoms with Crippen LogP contribution >= 0.6 is 11.3 Å². The average molecular weight is 483 g/mol. The van der Waals surface area contributed by atoms with Crippen LogP contribution in [0.25, 0.3) is 11.1 Å². The first-order valence-corrected chi connectivity index (χ1v) is 12.5. The lowest BCUT2D eigenvalue weighted by molar-refractivity contribution is 0.0734. The number of nitrogens with one attached hydrogen (secondary N) is 1. The predicted octanol–water partition coefficient (Wildman–Crippen LogP) is 4.95. The number of aryl methyl sites for hydroxylation is 2. The van der Waals surface area contributed by atoms with Crippen molar-refractivity contribution in [2.75, 3.05) is 6.54 Å². The summed E-state index contributed by atoms with van der Waals surface area (Å²) in [5, 5.41) is 2.99. The SMILES string of the molecule is Cc1cccc(-c2cccc(C(=O)N3CCc4c(cnc(C)c4CNC(=O)c4cncs4)C3)c2)c1. The molecule has 3 heterocycles. The van der Waals surface area contributed by atoms with Crippen LogP contribution in [0.1, 0.15) is 48.0 Å². The molecule has 7 heteroatoms. The second kappa shape index (κ2) is 9.80. The molecular weight excluding hydrogens is 456 g/mol. The third-order valence-electron chi connectivity index (χ3n) is 6.43. The van der Waals surface area contributed by atoms with Crippen LogP contribution in [0, 0.1) is 13.8 Å². The highest BCUT2D eigenvalue weighted by molar-refractivity contribution is 7.11. The van der Waals surface area contributed by atoms with Crippen LogP contribution in [0.2, 0.25) is 0 Å². The average Bonchev–Trinajstić information content (AvgIpc) is 3.43. The molecule has 0 unspecified atom stereocenters. The molecule has 2 aromatic heterocycles. The lowest BCUT2D eigenvalue weighted by Crippen LogP contribution is -2.37. The van der Waals surface area contributed by atoms with Crippen LogP contribution in [-0.4, -0.2) is 33.2 Å². The largest absolute Gasteiger partial charge is 0.347 e. The molecule has 0 spiro atoms. The molecule has 0 radical (unpaired) electrons. The van der Waals surface area contributed by atoms with Gasteiger partial charge in [-0.05, 0) is 60.2 Å². The minimum atomic E-state index is -0.134. The molecule has 0 atom stereocenters. The molecule has 1 aliphatic rings. The standard InChI is InChI=1S/C28H26N4O2S/c1-18-5-3-6-20(11-18)21-7-4-8-22(12-21)28(34)32-10-9-24-23(16-32)13-30-19(2)25(24)14-31-27(33)26-15-29-17-35-26/h3-8,11-13,15,17H,9-10,14,16H2,1-2H3,(H,31,33). The first kappa shape index (κ1) is 22.9. The highest BCUT2D eigenvalue weighted by Gasteiger charge is 2.25. The van der Waals surface area contributed by atoms with Crippen molar-refractivity contribution >= 4 is 23.2 Å². The van der Waals surface area contributed by atoms with Crippen LogP contribution in [-0.2, 0) is 19.5 Å². The normalized spacial score (nSPS) is 12.8. The number of nitrogens with zero attached hydrogens (tertiary/aromatic N) is 3. The number of pyridine rings is 1. The van der Waals surface area contributed by atoms with E-state index >= 15 is 0 Å². The van der Waals surface area contributed by atoms with Crippen molar-refractivity contribution in [2.24, 2.45) is 0 Å². The molecule has 4 aromatic rings. The number of fused-ring (bicyclic) bond motifs is 1. The molecule has 0 bridgehead atoms. The van der Waals surface area contributed by atoms with E-state index in [2.05, 4.69) is 40.4 Å². The number of benzene rings is 2. The van der Waals surface area contributed by atoms with Gasteiger partial charge in [0.2, 0.25) is 0 Å². The van der Waals surface area contributed by atoms with E-state index < -0.39 is 0 Å². The molecule has 0 aliphatic carbocycles. The molecule has 0 saturated heterocycles. The number of hydrogen-bond donors (Lipinski definition) is 1. The van der Waals surface area contributed by atoms with E-state index in [9.17, 15) is 9.59 Å². The predicted molar refractivity (Wildman–Crippen MR) is 137 cm³/mol. The Balaban J connectivity index is 1.33. The first-order valence-electron chi connectivity index (χ1n) is 11.6. The zero-order valence-corrected chi connectivity index (χ0v) is 20.6. The van der Waals surface area contributed by atoms with Gasteiger partial charge < -0.3 is 10.2 Å². The van der Waals surface area contributed by atoms with E-state index in [4.69, 9.17) is 0 Å². The summed E-state index contributed by atoms with van der Waals surface area (Å²) in [7, 11) is 0. The van der Waals surface area contributed by atoms with Gasteiger partial charge in [-0.3, -0.25) is 19.6 Å². The van der Waals surface area contributed by atoms with Crippen LogP contribution in [0.15, 0.2) is 66.4 Å². The van der Waals surface area contributed by atoms with E-state index in [1.54, 1.807) is 11.7 Å². The molecule has 0 fully saturated rings. The van der Waals surface area contributed by atoms with Gasteiger partial charge in [-0.1, -0.05) is 42.0 Å². The van der Waals surface area contributed by atoms with E-state index in [0.29, 0.717) is 30.1 Å². The minimum absolute atomic E-state index is 0.0192. The Morgan fingerprint density at radius 3 is 2.63 bits per heavy atom. The minimum Gasteiger partial charge on any atom is -0.347 e. The van der Waals surface area contributed by atoms with Crippen LogP contribution in [0.3, 0.4) is 0 Å². The van der Waals surface area contributed by atoms with Crippen molar-refractivity contribution in [1.29, 1.82) is 0 Å². The monoisotopic (exact) mass is 482 g/mol. The molecule has 35 heavy (non-hydrogen) atoms. The number of hydrogen-bond acceptors (Lipinski definition) is 5. The molecule has 1 N–H and O–H groups in total. The summed E-state index contributed by atoms with van der Waals surface area (Å²) in [5.74, 6) is -0.114. The third-order valence-corrected chi connectivity index (χ3v) is 7.20. The van der Waals surface area contributed by atoms with E-state index in [0.717, 1.165) is 34.4 Å². The quantitative estimate of drug-likeness (QED) is 0.437. The van der Waals surface area contributed by atoms with Gasteiger partial charge >= 0.3 is 0 Å². The van der Waals surface area contributed by atoms with Crippen molar-refractivity contribution in [3.63, 3.8) is 0 Å². The Kier molecular flexibility index (Phi) is 6.42. The summed E-state index contributed by atoms with van der Waals surface area (Å²) in [6.07, 6.45) is 4.17. The van der Waals surface area contributed by atoms with Gasteiger partial charge in [0.05, 0.1) is 11.7 Å². The highest BCUT2D eigenvalue weighted by Crippen LogP contribution is 2.27. The number of aromatic nitrogens is 2. The maximum absolute atomic E-state index is 13.4. The fraction of sp³-hybridized carbons (Fsp3) is 0.214. The van der Waals surface area contributed by atoms with Crippen molar-refractivity contribution in [2.45, 2.75) is 33.4 Å². The molecule has 176 valence electrons. The van der Waals surface area contributed by atoms with E-state index in [-0.39, 0.29) is 11.8 Å². The van der Waals surface area contributed by atoms with Crippen molar-refractivity contribution in [3.8, 4) is 11.1 Å². The number of carbonyl (C=O) groups excluding carboxylic acids is 2. The highest BCUT2D eigenvalue weighted by atomic mass is 32.1. The Bertz CT molecular complexity index is 1400. The van der Waals surface area contributed by atoms with Gasteiger partial charge in [0.1, 0.15) is 4.88 Å². The van der Waals surface area contributed by atoms with Crippen molar-refractivity contribution in [3.05, 3.63) is 105 Å². The van der Waals surface area contributed by atoms with Crippen molar-refractivity contribution < 1.29 is 9.59 Å². The number of thiazole rings is 1. The van der Waals surface area contributed by atoms with Gasteiger partial charge in [-0.2, -0.15) is 0 Å². The molecular formula is C28H26N4O2S. The van der Waals surface area contributed by atoms with E-state index in [1.165, 1.54) is 22.5 Å². The Hall–Kier alpha value is -3.84. The van der Waals surface area contributed by atoms with Gasteiger partial charge in [0.25, 0.3) is 11.8 Å². The summed E-state index contributed by atoms with van der Waals surface area (Å²) >= 11 is 1.32. The second-order valence-electron chi connectivity index (χ2n) is 8.80. The molecule has 2 aromatic carbocycles. The van der Waals surface area contributed by atoms with Gasteiger partial charge in [-0.25, -0.2) is 0 Å². The Morgan fingerprint density at radius 2 is 1.86 bits per heavy atom. The summed E-state index contributed by atoms with van der Waals surface area (Å²) < 4.78 is 0. The van der Waals surface area contributed by atoms with Crippen LogP contribution < -0.4 is 5.32 Å². The summed E-state index contributed by atoms with van der Waals surface area (Å²) in [5.41, 5.74) is 9.81. The van der Waals surface area contributed by atoms with Gasteiger partial charge in [0.15, 0.2) is 0 Å². The molecule has 6 nitrogen and oxygen atoms in total. The lowest BCUT2D eigenvalue weighted by atomic mass is 9.94. The summed E-state index contributed by atoms with van der Waals surface area (Å²) in [6, 6.07) is 16.1. The van der Waals surface area contributed by atoms with Gasteiger partial charge in [-0.15, -0.1) is 11.3 Å². The number of rotatable bonds is 5. The summed E-state index contributed by atoms with van der Waals surface area (Å²) in [6.45, 7) is 5.57. The smallest absolute Gasteiger partial charge is 0.263 e. The Morgan fingerprint density at radius 1 is 1.06 bits per heavy atom. The zero-order valence-electron chi connectivity index (χ0n) is 19.7. The fourth-order valence-corrected chi connectivity index (χ4v) is 5.09. The van der Waals surface area contributed by atoms with Crippen LogP contribution in [0.4, 0.5) is 0 Å². The second-order valence-corrected chi connectivity index (χ2v) is 9.69. The molecule has 0 saturated carbocycles. The molecule has 5 rings (SSSR count). The molecule has 2 amide bonds. The van der Waals surface area contributed by atoms with Crippen molar-refractivity contribution in [1.82, 2.24) is 20.2 Å². The maximum atomic E-state index is 13.4. The molecule has 1 aliphatic heterocycles. The topological polar surface area (TPSA) is 75.2 Å². The number of carbonyl (C=O) groups is 2. The number of amides is 2. The fourth-order valence-electron chi connectivity index (χ4n) is 4.55. The Labute approximate surface area is 208 Å².